The van der Waals surface area contributed by atoms with E-state index in [-0.39, 0.29) is 11.7 Å². The normalized spacial score (nSPS) is 12.8. The molecule has 1 N–H and O–H groups in total. The summed E-state index contributed by atoms with van der Waals surface area (Å²) in [6.45, 7) is 2.47. The Kier molecular flexibility index (Phi) is 3.38. The fourth-order valence-corrected chi connectivity index (χ4v) is 3.01. The number of hydrogen-bond donors (Lipinski definition) is 1. The zero-order valence-electron chi connectivity index (χ0n) is 13.1. The van der Waals surface area contributed by atoms with Crippen LogP contribution in [0, 0.1) is 12.7 Å². The lowest BCUT2D eigenvalue weighted by atomic mass is 9.91. The first-order valence-electron chi connectivity index (χ1n) is 7.76. The first kappa shape index (κ1) is 14.6. The van der Waals surface area contributed by atoms with Crippen molar-refractivity contribution in [2.75, 3.05) is 0 Å². The van der Waals surface area contributed by atoms with Crippen LogP contribution in [0.15, 0.2) is 54.7 Å². The molecule has 0 atom stereocenters. The Morgan fingerprint density at radius 3 is 2.38 bits per heavy atom. The molecule has 4 heteroatoms. The largest absolute Gasteiger partial charge is 0.348 e. The molecule has 1 amide bonds. The van der Waals surface area contributed by atoms with Crippen molar-refractivity contribution in [3.8, 4) is 22.3 Å². The summed E-state index contributed by atoms with van der Waals surface area (Å²) < 4.78 is 13.3. The van der Waals surface area contributed by atoms with Gasteiger partial charge in [0.1, 0.15) is 5.82 Å². The molecule has 2 heterocycles. The van der Waals surface area contributed by atoms with Gasteiger partial charge in [-0.25, -0.2) is 4.39 Å². The molecule has 1 aliphatic rings. The number of carbonyl (C=O) groups is 1. The van der Waals surface area contributed by atoms with Crippen LogP contribution in [-0.2, 0) is 6.54 Å². The van der Waals surface area contributed by atoms with Crippen LogP contribution in [0.4, 0.5) is 4.39 Å². The first-order valence-corrected chi connectivity index (χ1v) is 7.76. The summed E-state index contributed by atoms with van der Waals surface area (Å²) in [6, 6.07) is 14.2. The lowest BCUT2D eigenvalue weighted by Crippen LogP contribution is -2.12. The van der Waals surface area contributed by atoms with Gasteiger partial charge in [-0.05, 0) is 59.5 Å². The van der Waals surface area contributed by atoms with Crippen LogP contribution in [-0.4, -0.2) is 10.9 Å². The van der Waals surface area contributed by atoms with Crippen LogP contribution in [0.5, 0.6) is 0 Å². The van der Waals surface area contributed by atoms with Crippen LogP contribution in [0.25, 0.3) is 22.3 Å². The van der Waals surface area contributed by atoms with E-state index in [2.05, 4.69) is 10.3 Å². The highest BCUT2D eigenvalue weighted by Crippen LogP contribution is 2.35. The second kappa shape index (κ2) is 5.57. The molecule has 3 nitrogen and oxygen atoms in total. The van der Waals surface area contributed by atoms with Gasteiger partial charge in [-0.1, -0.05) is 18.2 Å². The molecule has 0 saturated heterocycles. The number of halogens is 1. The maximum absolute atomic E-state index is 13.3. The van der Waals surface area contributed by atoms with E-state index in [0.717, 1.165) is 33.5 Å². The maximum atomic E-state index is 13.3. The standard InChI is InChI=1S/C20H15FN2O/c1-12-2-3-14(10-22-12)17-8-15-11-23-20(24)19(15)9-18(17)13-4-6-16(21)7-5-13/h2-10H,11H2,1H3,(H,23,24). The van der Waals surface area contributed by atoms with Crippen molar-refractivity contribution in [1.82, 2.24) is 10.3 Å². The zero-order chi connectivity index (χ0) is 16.7. The second-order valence-corrected chi connectivity index (χ2v) is 5.93. The molecule has 0 bridgehead atoms. The fourth-order valence-electron chi connectivity index (χ4n) is 3.01. The van der Waals surface area contributed by atoms with E-state index in [9.17, 15) is 9.18 Å². The Bertz CT molecular complexity index is 931. The summed E-state index contributed by atoms with van der Waals surface area (Å²) in [4.78, 5) is 16.4. The van der Waals surface area contributed by atoms with Gasteiger partial charge in [0.15, 0.2) is 0 Å². The van der Waals surface area contributed by atoms with Gasteiger partial charge in [-0.2, -0.15) is 0 Å². The molecule has 1 aromatic heterocycles. The molecular formula is C20H15FN2O. The number of nitrogens with one attached hydrogen (secondary N) is 1. The number of carbonyl (C=O) groups excluding carboxylic acids is 1. The molecule has 0 spiro atoms. The van der Waals surface area contributed by atoms with Gasteiger partial charge in [0.25, 0.3) is 5.91 Å². The average Bonchev–Trinajstić information content (AvgIpc) is 2.96. The van der Waals surface area contributed by atoms with Crippen molar-refractivity contribution in [2.45, 2.75) is 13.5 Å². The molecule has 1 aliphatic heterocycles. The molecule has 4 rings (SSSR count). The number of nitrogens with zero attached hydrogens (tertiary/aromatic N) is 1. The molecule has 24 heavy (non-hydrogen) atoms. The van der Waals surface area contributed by atoms with Gasteiger partial charge >= 0.3 is 0 Å². The van der Waals surface area contributed by atoms with E-state index in [0.29, 0.717) is 12.1 Å². The summed E-state index contributed by atoms with van der Waals surface area (Å²) in [5.74, 6) is -0.349. The minimum atomic E-state index is -0.281. The van der Waals surface area contributed by atoms with Crippen LogP contribution in [0.3, 0.4) is 0 Å². The Morgan fingerprint density at radius 1 is 0.958 bits per heavy atom. The summed E-state index contributed by atoms with van der Waals surface area (Å²) in [5, 5.41) is 2.85. The minimum Gasteiger partial charge on any atom is -0.348 e. The van der Waals surface area contributed by atoms with E-state index in [1.807, 2.05) is 37.4 Å². The number of benzene rings is 2. The van der Waals surface area contributed by atoms with Crippen molar-refractivity contribution < 1.29 is 9.18 Å². The van der Waals surface area contributed by atoms with Crippen LogP contribution >= 0.6 is 0 Å². The highest BCUT2D eigenvalue weighted by molar-refractivity contribution is 6.01. The Labute approximate surface area is 139 Å². The summed E-state index contributed by atoms with van der Waals surface area (Å²) in [6.07, 6.45) is 1.83. The molecule has 0 saturated carbocycles. The van der Waals surface area contributed by atoms with E-state index in [1.54, 1.807) is 12.1 Å². The quantitative estimate of drug-likeness (QED) is 0.773. The van der Waals surface area contributed by atoms with Crippen molar-refractivity contribution in [2.24, 2.45) is 0 Å². The SMILES string of the molecule is Cc1ccc(-c2cc3c(cc2-c2ccc(F)cc2)C(=O)NC3)cn1. The molecule has 2 aromatic carbocycles. The van der Waals surface area contributed by atoms with Gasteiger partial charge in [-0.3, -0.25) is 9.78 Å². The number of amides is 1. The monoisotopic (exact) mass is 318 g/mol. The Balaban J connectivity index is 1.95. The molecule has 0 aliphatic carbocycles. The van der Waals surface area contributed by atoms with Crippen LogP contribution in [0.2, 0.25) is 0 Å². The van der Waals surface area contributed by atoms with Crippen LogP contribution in [0.1, 0.15) is 21.6 Å². The molecular weight excluding hydrogens is 303 g/mol. The maximum Gasteiger partial charge on any atom is 0.251 e. The molecule has 0 fully saturated rings. The van der Waals surface area contributed by atoms with Gasteiger partial charge in [0.05, 0.1) is 0 Å². The average molecular weight is 318 g/mol. The summed E-state index contributed by atoms with van der Waals surface area (Å²) >= 11 is 0. The third-order valence-corrected chi connectivity index (χ3v) is 4.30. The van der Waals surface area contributed by atoms with E-state index >= 15 is 0 Å². The highest BCUT2D eigenvalue weighted by atomic mass is 19.1. The van der Waals surface area contributed by atoms with Crippen LogP contribution < -0.4 is 5.32 Å². The number of pyridine rings is 1. The number of aryl methyl sites for hydroxylation is 1. The number of aromatic nitrogens is 1. The van der Waals surface area contributed by atoms with E-state index in [1.165, 1.54) is 12.1 Å². The third-order valence-electron chi connectivity index (χ3n) is 4.30. The van der Waals surface area contributed by atoms with Gasteiger partial charge in [0, 0.05) is 29.6 Å². The molecule has 0 unspecified atom stereocenters. The Hall–Kier alpha value is -3.01. The fraction of sp³-hybridized carbons (Fsp3) is 0.100. The smallest absolute Gasteiger partial charge is 0.251 e. The predicted octanol–water partition coefficient (Wildman–Crippen LogP) is 4.11. The number of rotatable bonds is 2. The second-order valence-electron chi connectivity index (χ2n) is 5.93. The first-order chi connectivity index (χ1) is 11.6. The van der Waals surface area contributed by atoms with Crippen molar-refractivity contribution in [1.29, 1.82) is 0 Å². The molecule has 0 radical (unpaired) electrons. The Morgan fingerprint density at radius 2 is 1.67 bits per heavy atom. The van der Waals surface area contributed by atoms with Gasteiger partial charge < -0.3 is 5.32 Å². The van der Waals surface area contributed by atoms with E-state index in [4.69, 9.17) is 0 Å². The minimum absolute atomic E-state index is 0.0676. The van der Waals surface area contributed by atoms with Crippen molar-refractivity contribution in [3.63, 3.8) is 0 Å². The summed E-state index contributed by atoms with van der Waals surface area (Å²) in [7, 11) is 0. The van der Waals surface area contributed by atoms with Gasteiger partial charge in [0.2, 0.25) is 0 Å². The number of fused-ring (bicyclic) bond motifs is 1. The topological polar surface area (TPSA) is 42.0 Å². The number of hydrogen-bond acceptors (Lipinski definition) is 2. The predicted molar refractivity (Wildman–Crippen MR) is 91.0 cm³/mol. The van der Waals surface area contributed by atoms with E-state index < -0.39 is 0 Å². The molecule has 118 valence electrons. The lowest BCUT2D eigenvalue weighted by Gasteiger charge is -2.13. The highest BCUT2D eigenvalue weighted by Gasteiger charge is 2.22. The lowest BCUT2D eigenvalue weighted by molar-refractivity contribution is 0.0966. The summed E-state index contributed by atoms with van der Waals surface area (Å²) in [5.41, 5.74) is 6.33. The van der Waals surface area contributed by atoms with Gasteiger partial charge in [-0.15, -0.1) is 0 Å². The third kappa shape index (κ3) is 2.46. The van der Waals surface area contributed by atoms with Crippen molar-refractivity contribution >= 4 is 5.91 Å². The zero-order valence-corrected chi connectivity index (χ0v) is 13.1. The van der Waals surface area contributed by atoms with Crippen molar-refractivity contribution in [3.05, 3.63) is 77.4 Å². The molecule has 3 aromatic rings.